The summed E-state index contributed by atoms with van der Waals surface area (Å²) in [7, 11) is -2.74. The van der Waals surface area contributed by atoms with Crippen LogP contribution < -0.4 is 14.4 Å². The number of ether oxygens (including phenoxy) is 1. The van der Waals surface area contributed by atoms with E-state index in [2.05, 4.69) is 5.32 Å². The summed E-state index contributed by atoms with van der Waals surface area (Å²) in [6.07, 6.45) is 5.00. The van der Waals surface area contributed by atoms with Crippen LogP contribution >= 0.6 is 23.2 Å². The summed E-state index contributed by atoms with van der Waals surface area (Å²) in [5.74, 6) is -0.379. The highest BCUT2D eigenvalue weighted by Gasteiger charge is 2.33. The minimum absolute atomic E-state index is 0.0176. The van der Waals surface area contributed by atoms with Crippen molar-refractivity contribution < 1.29 is 22.7 Å². The van der Waals surface area contributed by atoms with Crippen LogP contribution in [-0.4, -0.2) is 50.9 Å². The van der Waals surface area contributed by atoms with Gasteiger partial charge in [-0.15, -0.1) is 0 Å². The zero-order chi connectivity index (χ0) is 30.3. The Morgan fingerprint density at radius 2 is 1.67 bits per heavy atom. The monoisotopic (exact) mass is 631 g/mol. The second kappa shape index (κ2) is 14.3. The smallest absolute Gasteiger partial charge is 0.264 e. The van der Waals surface area contributed by atoms with Crippen molar-refractivity contribution in [2.75, 3.05) is 18.0 Å². The molecule has 0 spiro atoms. The molecule has 11 heteroatoms. The van der Waals surface area contributed by atoms with E-state index >= 15 is 0 Å². The van der Waals surface area contributed by atoms with Crippen LogP contribution in [0.1, 0.15) is 44.6 Å². The maximum Gasteiger partial charge on any atom is 0.264 e. The lowest BCUT2D eigenvalue weighted by atomic mass is 9.95. The molecule has 224 valence electrons. The molecule has 1 aliphatic carbocycles. The molecule has 0 aromatic heterocycles. The van der Waals surface area contributed by atoms with Crippen molar-refractivity contribution in [1.82, 2.24) is 10.2 Å². The Kier molecular flexibility index (Phi) is 10.8. The van der Waals surface area contributed by atoms with E-state index < -0.39 is 28.5 Å². The second-order valence-electron chi connectivity index (χ2n) is 10.3. The number of carbonyl (C=O) groups is 2. The van der Waals surface area contributed by atoms with Crippen molar-refractivity contribution in [2.24, 2.45) is 0 Å². The predicted octanol–water partition coefficient (Wildman–Crippen LogP) is 6.06. The predicted molar refractivity (Wildman–Crippen MR) is 165 cm³/mol. The Hall–Kier alpha value is -3.27. The van der Waals surface area contributed by atoms with Gasteiger partial charge in [0, 0.05) is 22.6 Å². The summed E-state index contributed by atoms with van der Waals surface area (Å²) < 4.78 is 34.1. The summed E-state index contributed by atoms with van der Waals surface area (Å²) in [5.41, 5.74) is 0.848. The molecule has 1 atom stereocenters. The van der Waals surface area contributed by atoms with Gasteiger partial charge in [-0.25, -0.2) is 8.42 Å². The number of hydrogen-bond donors (Lipinski definition) is 1. The Labute approximate surface area is 257 Å². The maximum absolute atomic E-state index is 14.1. The van der Waals surface area contributed by atoms with Gasteiger partial charge in [0.25, 0.3) is 10.0 Å². The van der Waals surface area contributed by atoms with Crippen LogP contribution in [0.15, 0.2) is 77.7 Å². The highest BCUT2D eigenvalue weighted by molar-refractivity contribution is 7.92. The molecule has 0 saturated heterocycles. The Bertz CT molecular complexity index is 1490. The fourth-order valence-corrected chi connectivity index (χ4v) is 6.78. The molecule has 1 unspecified atom stereocenters. The standard InChI is InChI=1S/C31H35Cl2N3O5S/c1-22(31(38)34-25-11-4-3-5-12-25)35(20-23-9-6-7-14-29(23)33)30(37)21-36(26-13-8-10-24(32)19-26)42(39,40)28-17-15-27(41-2)16-18-28/h6-10,13-19,22,25H,3-5,11-12,20-21H2,1-2H3,(H,34,38). The van der Waals surface area contributed by atoms with Crippen molar-refractivity contribution in [3.63, 3.8) is 0 Å². The summed E-state index contributed by atoms with van der Waals surface area (Å²) in [6, 6.07) is 18.4. The van der Waals surface area contributed by atoms with Crippen LogP contribution in [0.3, 0.4) is 0 Å². The molecular formula is C31H35Cl2N3O5S. The van der Waals surface area contributed by atoms with E-state index in [-0.39, 0.29) is 29.1 Å². The number of anilines is 1. The Balaban J connectivity index is 1.68. The molecule has 1 aliphatic rings. The molecule has 8 nitrogen and oxygen atoms in total. The van der Waals surface area contributed by atoms with Crippen LogP contribution in [0, 0.1) is 0 Å². The lowest BCUT2D eigenvalue weighted by molar-refractivity contribution is -0.139. The molecule has 0 heterocycles. The molecule has 0 aliphatic heterocycles. The van der Waals surface area contributed by atoms with Gasteiger partial charge in [-0.1, -0.05) is 66.7 Å². The van der Waals surface area contributed by atoms with Gasteiger partial charge in [-0.05, 0) is 73.9 Å². The molecule has 1 N–H and O–H groups in total. The number of amides is 2. The summed E-state index contributed by atoms with van der Waals surface area (Å²) in [4.78, 5) is 28.8. The van der Waals surface area contributed by atoms with Gasteiger partial charge >= 0.3 is 0 Å². The number of nitrogens with zero attached hydrogens (tertiary/aromatic N) is 2. The fraction of sp³-hybridized carbons (Fsp3) is 0.355. The molecule has 3 aromatic rings. The first-order chi connectivity index (χ1) is 20.1. The first kappa shape index (κ1) is 31.7. The number of sulfonamides is 1. The van der Waals surface area contributed by atoms with Gasteiger partial charge in [0.15, 0.2) is 0 Å². The van der Waals surface area contributed by atoms with E-state index in [4.69, 9.17) is 27.9 Å². The van der Waals surface area contributed by atoms with E-state index in [1.807, 2.05) is 0 Å². The average Bonchev–Trinajstić information content (AvgIpc) is 2.99. The number of hydrogen-bond acceptors (Lipinski definition) is 5. The number of carbonyl (C=O) groups excluding carboxylic acids is 2. The number of rotatable bonds is 11. The summed E-state index contributed by atoms with van der Waals surface area (Å²) in [6.45, 7) is 1.10. The van der Waals surface area contributed by atoms with Gasteiger partial charge in [0.2, 0.25) is 11.8 Å². The SMILES string of the molecule is COc1ccc(S(=O)(=O)N(CC(=O)N(Cc2ccccc2Cl)C(C)C(=O)NC2CCCCC2)c2cccc(Cl)c2)cc1. The van der Waals surface area contributed by atoms with Crippen molar-refractivity contribution in [3.05, 3.63) is 88.4 Å². The molecule has 2 amide bonds. The van der Waals surface area contributed by atoms with Gasteiger partial charge in [-0.3, -0.25) is 13.9 Å². The van der Waals surface area contributed by atoms with E-state index in [9.17, 15) is 18.0 Å². The molecule has 1 fully saturated rings. The summed E-state index contributed by atoms with van der Waals surface area (Å²) in [5, 5.41) is 3.83. The zero-order valence-corrected chi connectivity index (χ0v) is 26.0. The first-order valence-electron chi connectivity index (χ1n) is 13.9. The van der Waals surface area contributed by atoms with Gasteiger partial charge in [0.05, 0.1) is 17.7 Å². The van der Waals surface area contributed by atoms with Gasteiger partial charge < -0.3 is 15.0 Å². The maximum atomic E-state index is 14.1. The third-order valence-corrected chi connectivity index (χ3v) is 9.83. The molecule has 4 rings (SSSR count). The number of halogens is 2. The molecule has 0 bridgehead atoms. The molecule has 3 aromatic carbocycles. The lowest BCUT2D eigenvalue weighted by Gasteiger charge is -2.33. The van der Waals surface area contributed by atoms with Crippen LogP contribution in [0.4, 0.5) is 5.69 Å². The van der Waals surface area contributed by atoms with E-state index in [1.165, 1.54) is 42.3 Å². The third kappa shape index (κ3) is 7.76. The minimum Gasteiger partial charge on any atom is -0.497 e. The normalized spacial score (nSPS) is 14.6. The van der Waals surface area contributed by atoms with Crippen LogP contribution in [-0.2, 0) is 26.2 Å². The molecule has 0 radical (unpaired) electrons. The molecule has 42 heavy (non-hydrogen) atoms. The highest BCUT2D eigenvalue weighted by atomic mass is 35.5. The van der Waals surface area contributed by atoms with E-state index in [0.29, 0.717) is 21.4 Å². The van der Waals surface area contributed by atoms with Gasteiger partial charge in [0.1, 0.15) is 18.3 Å². The second-order valence-corrected chi connectivity index (χ2v) is 13.0. The number of nitrogens with one attached hydrogen (secondary N) is 1. The fourth-order valence-electron chi connectivity index (χ4n) is 5.00. The van der Waals surface area contributed by atoms with Crippen LogP contribution in [0.5, 0.6) is 5.75 Å². The topological polar surface area (TPSA) is 96.0 Å². The quantitative estimate of drug-likeness (QED) is 0.277. The van der Waals surface area contributed by atoms with Crippen molar-refractivity contribution in [2.45, 2.75) is 62.6 Å². The van der Waals surface area contributed by atoms with Crippen LogP contribution in [0.2, 0.25) is 10.0 Å². The number of benzene rings is 3. The van der Waals surface area contributed by atoms with E-state index in [1.54, 1.807) is 49.4 Å². The van der Waals surface area contributed by atoms with E-state index in [0.717, 1.165) is 36.4 Å². The Morgan fingerprint density at radius 1 is 0.976 bits per heavy atom. The van der Waals surface area contributed by atoms with Crippen molar-refractivity contribution in [3.8, 4) is 5.75 Å². The molecular weight excluding hydrogens is 597 g/mol. The zero-order valence-electron chi connectivity index (χ0n) is 23.6. The van der Waals surface area contributed by atoms with Crippen molar-refractivity contribution >= 4 is 50.7 Å². The third-order valence-electron chi connectivity index (χ3n) is 7.44. The molecule has 1 saturated carbocycles. The van der Waals surface area contributed by atoms with Crippen molar-refractivity contribution in [1.29, 1.82) is 0 Å². The minimum atomic E-state index is -4.23. The highest BCUT2D eigenvalue weighted by Crippen LogP contribution is 2.28. The Morgan fingerprint density at radius 3 is 2.31 bits per heavy atom. The lowest BCUT2D eigenvalue weighted by Crippen LogP contribution is -2.53. The number of methoxy groups -OCH3 is 1. The largest absolute Gasteiger partial charge is 0.497 e. The van der Waals surface area contributed by atoms with Gasteiger partial charge in [-0.2, -0.15) is 0 Å². The van der Waals surface area contributed by atoms with Crippen LogP contribution in [0.25, 0.3) is 0 Å². The summed E-state index contributed by atoms with van der Waals surface area (Å²) >= 11 is 12.7. The average molecular weight is 633 g/mol. The first-order valence-corrected chi connectivity index (χ1v) is 16.1.